The molecule has 0 fully saturated rings. The number of carbonyl (C=O) groups excluding carboxylic acids is 1. The lowest BCUT2D eigenvalue weighted by molar-refractivity contribution is 0.0262. The molecule has 118 valence electrons. The van der Waals surface area contributed by atoms with E-state index in [-0.39, 0.29) is 11.8 Å². The Labute approximate surface area is 126 Å². The van der Waals surface area contributed by atoms with Gasteiger partial charge in [-0.2, -0.15) is 0 Å². The van der Waals surface area contributed by atoms with E-state index in [2.05, 4.69) is 5.32 Å². The molecule has 0 saturated carbocycles. The standard InChI is InChI=1S/C16H26N2O3/c1-5-18(15(20)21-16(2,3)4)11-10-17-12-13-6-8-14(19)9-7-13/h6-9,17,19H,5,10-12H2,1-4H3. The number of phenols is 1. The van der Waals surface area contributed by atoms with Crippen LogP contribution in [-0.2, 0) is 11.3 Å². The number of ether oxygens (including phenoxy) is 1. The molecule has 0 unspecified atom stereocenters. The van der Waals surface area contributed by atoms with Gasteiger partial charge in [-0.3, -0.25) is 0 Å². The third kappa shape index (κ3) is 6.99. The van der Waals surface area contributed by atoms with Crippen LogP contribution >= 0.6 is 0 Å². The van der Waals surface area contributed by atoms with E-state index in [0.717, 1.165) is 5.56 Å². The van der Waals surface area contributed by atoms with Gasteiger partial charge in [0.15, 0.2) is 0 Å². The van der Waals surface area contributed by atoms with E-state index in [4.69, 9.17) is 4.74 Å². The average Bonchev–Trinajstić information content (AvgIpc) is 2.38. The van der Waals surface area contributed by atoms with Crippen LogP contribution in [0.4, 0.5) is 4.79 Å². The first-order chi connectivity index (χ1) is 9.81. The molecule has 0 aliphatic heterocycles. The molecule has 1 amide bonds. The van der Waals surface area contributed by atoms with Crippen LogP contribution in [0.5, 0.6) is 5.75 Å². The first-order valence-corrected chi connectivity index (χ1v) is 7.28. The predicted octanol–water partition coefficient (Wildman–Crippen LogP) is 2.74. The Kier molecular flexibility index (Phi) is 6.49. The third-order valence-electron chi connectivity index (χ3n) is 2.86. The lowest BCUT2D eigenvalue weighted by Gasteiger charge is -2.26. The molecule has 0 bridgehead atoms. The van der Waals surface area contributed by atoms with Crippen molar-refractivity contribution in [1.82, 2.24) is 10.2 Å². The summed E-state index contributed by atoms with van der Waals surface area (Å²) in [4.78, 5) is 13.6. The SMILES string of the molecule is CCN(CCNCc1ccc(O)cc1)C(=O)OC(C)(C)C. The maximum absolute atomic E-state index is 11.9. The number of nitrogens with zero attached hydrogens (tertiary/aromatic N) is 1. The highest BCUT2D eigenvalue weighted by atomic mass is 16.6. The summed E-state index contributed by atoms with van der Waals surface area (Å²) in [5.41, 5.74) is 0.623. The van der Waals surface area contributed by atoms with E-state index >= 15 is 0 Å². The zero-order valence-electron chi connectivity index (χ0n) is 13.3. The van der Waals surface area contributed by atoms with Crippen LogP contribution in [0.1, 0.15) is 33.3 Å². The van der Waals surface area contributed by atoms with Crippen LogP contribution in [0, 0.1) is 0 Å². The number of aromatic hydroxyl groups is 1. The monoisotopic (exact) mass is 294 g/mol. The van der Waals surface area contributed by atoms with Crippen LogP contribution < -0.4 is 5.32 Å². The molecule has 0 spiro atoms. The predicted molar refractivity (Wildman–Crippen MR) is 83.3 cm³/mol. The molecule has 0 aliphatic rings. The minimum Gasteiger partial charge on any atom is -0.508 e. The van der Waals surface area contributed by atoms with Gasteiger partial charge < -0.3 is 20.1 Å². The first kappa shape index (κ1) is 17.3. The summed E-state index contributed by atoms with van der Waals surface area (Å²) in [7, 11) is 0. The van der Waals surface area contributed by atoms with Crippen LogP contribution in [0.3, 0.4) is 0 Å². The quantitative estimate of drug-likeness (QED) is 0.792. The van der Waals surface area contributed by atoms with Crippen LogP contribution in [0.2, 0.25) is 0 Å². The third-order valence-corrected chi connectivity index (χ3v) is 2.86. The average molecular weight is 294 g/mol. The number of rotatable bonds is 6. The summed E-state index contributed by atoms with van der Waals surface area (Å²) in [5.74, 6) is 0.265. The Morgan fingerprint density at radius 1 is 1.29 bits per heavy atom. The van der Waals surface area contributed by atoms with Crippen molar-refractivity contribution in [2.45, 2.75) is 39.8 Å². The van der Waals surface area contributed by atoms with Crippen molar-refractivity contribution in [2.24, 2.45) is 0 Å². The molecule has 0 radical (unpaired) electrons. The molecule has 0 aliphatic carbocycles. The van der Waals surface area contributed by atoms with Crippen molar-refractivity contribution in [3.05, 3.63) is 29.8 Å². The zero-order valence-corrected chi connectivity index (χ0v) is 13.3. The lowest BCUT2D eigenvalue weighted by Crippen LogP contribution is -2.40. The number of nitrogens with one attached hydrogen (secondary N) is 1. The second-order valence-electron chi connectivity index (χ2n) is 5.90. The van der Waals surface area contributed by atoms with E-state index in [9.17, 15) is 9.90 Å². The summed E-state index contributed by atoms with van der Waals surface area (Å²) in [6.45, 7) is 10.1. The zero-order chi connectivity index (χ0) is 15.9. The Morgan fingerprint density at radius 3 is 2.43 bits per heavy atom. The Hall–Kier alpha value is -1.75. The van der Waals surface area contributed by atoms with Crippen molar-refractivity contribution in [1.29, 1.82) is 0 Å². The second kappa shape index (κ2) is 7.88. The van der Waals surface area contributed by atoms with E-state index in [1.807, 2.05) is 39.8 Å². The molecule has 1 aromatic rings. The van der Waals surface area contributed by atoms with Crippen LogP contribution in [0.25, 0.3) is 0 Å². The van der Waals surface area contributed by atoms with Crippen LogP contribution in [0.15, 0.2) is 24.3 Å². The summed E-state index contributed by atoms with van der Waals surface area (Å²) in [6, 6.07) is 7.06. The number of amides is 1. The second-order valence-corrected chi connectivity index (χ2v) is 5.90. The Morgan fingerprint density at radius 2 is 1.90 bits per heavy atom. The van der Waals surface area contributed by atoms with Gasteiger partial charge in [0.25, 0.3) is 0 Å². The fourth-order valence-electron chi connectivity index (χ4n) is 1.77. The topological polar surface area (TPSA) is 61.8 Å². The maximum atomic E-state index is 11.9. The van der Waals surface area contributed by atoms with Gasteiger partial charge in [-0.1, -0.05) is 12.1 Å². The lowest BCUT2D eigenvalue weighted by atomic mass is 10.2. The van der Waals surface area contributed by atoms with Crippen molar-refractivity contribution in [3.8, 4) is 5.75 Å². The van der Waals surface area contributed by atoms with Crippen molar-refractivity contribution < 1.29 is 14.6 Å². The molecule has 21 heavy (non-hydrogen) atoms. The highest BCUT2D eigenvalue weighted by Crippen LogP contribution is 2.10. The number of hydrogen-bond donors (Lipinski definition) is 2. The molecular formula is C16H26N2O3. The minimum absolute atomic E-state index is 0.265. The molecule has 0 saturated heterocycles. The van der Waals surface area contributed by atoms with Gasteiger partial charge in [-0.05, 0) is 45.4 Å². The highest BCUT2D eigenvalue weighted by molar-refractivity contribution is 5.68. The molecule has 1 aromatic carbocycles. The van der Waals surface area contributed by atoms with Crippen LogP contribution in [-0.4, -0.2) is 41.3 Å². The number of carbonyl (C=O) groups is 1. The Balaban J connectivity index is 2.32. The van der Waals surface area contributed by atoms with Gasteiger partial charge in [0, 0.05) is 26.2 Å². The van der Waals surface area contributed by atoms with Gasteiger partial charge in [0.1, 0.15) is 11.4 Å². The number of likely N-dealkylation sites (N-methyl/N-ethyl adjacent to an activating group) is 1. The minimum atomic E-state index is -0.468. The largest absolute Gasteiger partial charge is 0.508 e. The van der Waals surface area contributed by atoms with Gasteiger partial charge in [0.2, 0.25) is 0 Å². The molecule has 5 nitrogen and oxygen atoms in total. The molecule has 5 heteroatoms. The molecule has 1 rings (SSSR count). The first-order valence-electron chi connectivity index (χ1n) is 7.28. The van der Waals surface area contributed by atoms with Gasteiger partial charge in [-0.25, -0.2) is 4.79 Å². The fourth-order valence-corrected chi connectivity index (χ4v) is 1.77. The molecule has 0 aromatic heterocycles. The van der Waals surface area contributed by atoms with Gasteiger partial charge in [0.05, 0.1) is 0 Å². The normalized spacial score (nSPS) is 11.2. The van der Waals surface area contributed by atoms with E-state index in [0.29, 0.717) is 26.2 Å². The van der Waals surface area contributed by atoms with E-state index in [1.54, 1.807) is 17.0 Å². The molecular weight excluding hydrogens is 268 g/mol. The Bertz CT molecular complexity index is 438. The fraction of sp³-hybridized carbons (Fsp3) is 0.562. The molecule has 0 atom stereocenters. The maximum Gasteiger partial charge on any atom is 0.410 e. The van der Waals surface area contributed by atoms with E-state index < -0.39 is 5.60 Å². The van der Waals surface area contributed by atoms with E-state index in [1.165, 1.54) is 0 Å². The number of benzene rings is 1. The summed E-state index contributed by atoms with van der Waals surface area (Å²) >= 11 is 0. The summed E-state index contributed by atoms with van der Waals surface area (Å²) in [5, 5.41) is 12.5. The summed E-state index contributed by atoms with van der Waals surface area (Å²) in [6.07, 6.45) is -0.281. The van der Waals surface area contributed by atoms with Gasteiger partial charge >= 0.3 is 6.09 Å². The number of hydrogen-bond acceptors (Lipinski definition) is 4. The highest BCUT2D eigenvalue weighted by Gasteiger charge is 2.20. The van der Waals surface area contributed by atoms with Crippen molar-refractivity contribution >= 4 is 6.09 Å². The smallest absolute Gasteiger partial charge is 0.410 e. The summed E-state index contributed by atoms with van der Waals surface area (Å²) < 4.78 is 5.35. The molecule has 0 heterocycles. The van der Waals surface area contributed by atoms with Crippen molar-refractivity contribution in [3.63, 3.8) is 0 Å². The van der Waals surface area contributed by atoms with Gasteiger partial charge in [-0.15, -0.1) is 0 Å². The number of phenolic OH excluding ortho intramolecular Hbond substituents is 1. The molecule has 2 N–H and O–H groups in total. The van der Waals surface area contributed by atoms with Crippen molar-refractivity contribution in [2.75, 3.05) is 19.6 Å².